The third-order valence-electron chi connectivity index (χ3n) is 17.0. The quantitative estimate of drug-likeness (QED) is 0.0222. The molecule has 0 aliphatic carbocycles. The molecule has 17 nitrogen and oxygen atoms in total. The van der Waals surface area contributed by atoms with Gasteiger partial charge in [-0.05, 0) is 31.6 Å². The fraction of sp³-hybridized carbons (Fsp3) is 0.945. The first-order valence-electron chi connectivity index (χ1n) is 38.1. The van der Waals surface area contributed by atoms with Crippen LogP contribution in [-0.4, -0.2) is 96.7 Å². The van der Waals surface area contributed by atoms with Crippen LogP contribution in [0.25, 0.3) is 0 Å². The molecule has 19 heteroatoms. The van der Waals surface area contributed by atoms with Crippen molar-refractivity contribution in [2.75, 3.05) is 39.6 Å². The zero-order chi connectivity index (χ0) is 67.7. The molecule has 0 aliphatic rings. The molecule has 3 N–H and O–H groups in total. The van der Waals surface area contributed by atoms with Gasteiger partial charge in [0.1, 0.15) is 19.3 Å². The lowest BCUT2D eigenvalue weighted by Crippen LogP contribution is -2.30. The zero-order valence-corrected chi connectivity index (χ0v) is 61.5. The van der Waals surface area contributed by atoms with Crippen molar-refractivity contribution >= 4 is 39.5 Å². The van der Waals surface area contributed by atoms with Gasteiger partial charge in [-0.15, -0.1) is 0 Å². The van der Waals surface area contributed by atoms with Gasteiger partial charge >= 0.3 is 39.5 Å². The molecule has 0 aromatic carbocycles. The van der Waals surface area contributed by atoms with E-state index in [-0.39, 0.29) is 25.7 Å². The molecular weight excluding hydrogens is 1210 g/mol. The SMILES string of the molecule is CCCCCCCCCCCCCCCCCCCCCCCC(=O)O[C@H](COC(=O)CCCCCCCCCCCCC(C)C)COP(=O)(O)OC[C@@H](O)COP(=O)(O)OC[C@@H](COC(=O)CCCCCCCCCC)OC(=O)CCCCCCCCCCCC. The van der Waals surface area contributed by atoms with Crippen molar-refractivity contribution in [1.82, 2.24) is 0 Å². The summed E-state index contributed by atoms with van der Waals surface area (Å²) in [7, 11) is -9.90. The third kappa shape index (κ3) is 66.7. The van der Waals surface area contributed by atoms with E-state index in [0.29, 0.717) is 25.7 Å². The zero-order valence-electron chi connectivity index (χ0n) is 59.7. The molecule has 92 heavy (non-hydrogen) atoms. The molecule has 0 saturated carbocycles. The monoisotopic (exact) mass is 1350 g/mol. The Morgan fingerprint density at radius 3 is 0.739 bits per heavy atom. The number of rotatable bonds is 73. The molecule has 0 amide bonds. The minimum absolute atomic E-state index is 0.106. The number of phosphoric acid groups is 2. The number of hydrogen-bond donors (Lipinski definition) is 3. The summed E-state index contributed by atoms with van der Waals surface area (Å²) in [5, 5.41) is 10.6. The predicted octanol–water partition coefficient (Wildman–Crippen LogP) is 21.3. The highest BCUT2D eigenvalue weighted by molar-refractivity contribution is 7.47. The Morgan fingerprint density at radius 1 is 0.293 bits per heavy atom. The summed E-state index contributed by atoms with van der Waals surface area (Å²) >= 11 is 0. The first kappa shape index (κ1) is 90.1. The third-order valence-corrected chi connectivity index (χ3v) is 18.9. The number of hydrogen-bond acceptors (Lipinski definition) is 15. The molecule has 0 heterocycles. The molecule has 0 aromatic heterocycles. The van der Waals surface area contributed by atoms with Crippen molar-refractivity contribution in [3.63, 3.8) is 0 Å². The van der Waals surface area contributed by atoms with Crippen molar-refractivity contribution in [2.24, 2.45) is 5.92 Å². The molecule has 0 fully saturated rings. The van der Waals surface area contributed by atoms with E-state index in [4.69, 9.17) is 37.0 Å². The molecule has 0 radical (unpaired) electrons. The minimum Gasteiger partial charge on any atom is -0.462 e. The Morgan fingerprint density at radius 2 is 0.500 bits per heavy atom. The van der Waals surface area contributed by atoms with Crippen molar-refractivity contribution in [1.29, 1.82) is 0 Å². The van der Waals surface area contributed by atoms with Crippen LogP contribution in [0.5, 0.6) is 0 Å². The molecule has 0 saturated heterocycles. The average Bonchev–Trinajstić information content (AvgIpc) is 3.24. The molecule has 0 aromatic rings. The molecule has 0 aliphatic heterocycles. The van der Waals surface area contributed by atoms with E-state index in [1.807, 2.05) is 0 Å². The number of carbonyl (C=O) groups is 4. The van der Waals surface area contributed by atoms with Crippen LogP contribution in [0.3, 0.4) is 0 Å². The second-order valence-corrected chi connectivity index (χ2v) is 29.7. The maximum Gasteiger partial charge on any atom is 0.472 e. The molecule has 0 bridgehead atoms. The van der Waals surface area contributed by atoms with Crippen LogP contribution in [0, 0.1) is 5.92 Å². The highest BCUT2D eigenvalue weighted by Gasteiger charge is 2.30. The Balaban J connectivity index is 5.16. The second-order valence-electron chi connectivity index (χ2n) is 26.8. The number of unbranched alkanes of at least 4 members (excludes halogenated alkanes) is 45. The van der Waals surface area contributed by atoms with Crippen LogP contribution in [0.1, 0.15) is 381 Å². The van der Waals surface area contributed by atoms with E-state index in [0.717, 1.165) is 102 Å². The van der Waals surface area contributed by atoms with Gasteiger partial charge in [-0.25, -0.2) is 9.13 Å². The fourth-order valence-electron chi connectivity index (χ4n) is 11.2. The standard InChI is InChI=1S/C73H142O17P2/c1-6-9-12-15-18-21-23-24-25-26-27-28-29-30-31-32-33-39-44-49-54-59-73(78)90-69(63-84-71(76)57-52-47-42-38-35-34-36-40-45-50-55-66(4)5)65-88-92(81,82)86-61-67(74)60-85-91(79,80)87-64-68(62-83-70(75)56-51-46-41-20-17-14-11-8-3)89-72(77)58-53-48-43-37-22-19-16-13-10-7-2/h66-69,74H,6-65H2,1-5H3,(H,79,80)(H,81,82)/t67-,68+,69+/m0/s1. The van der Waals surface area contributed by atoms with Gasteiger partial charge in [-0.3, -0.25) is 37.3 Å². The summed E-state index contributed by atoms with van der Waals surface area (Å²) in [6.07, 6.45) is 54.3. The molecule has 5 atom stereocenters. The van der Waals surface area contributed by atoms with Crippen LogP contribution >= 0.6 is 15.6 Å². The number of aliphatic hydroxyl groups excluding tert-OH is 1. The van der Waals surface area contributed by atoms with Crippen LogP contribution in [0.2, 0.25) is 0 Å². The highest BCUT2D eigenvalue weighted by atomic mass is 31.2. The van der Waals surface area contributed by atoms with Gasteiger partial charge < -0.3 is 33.8 Å². The van der Waals surface area contributed by atoms with E-state index in [1.165, 1.54) is 199 Å². The van der Waals surface area contributed by atoms with Gasteiger partial charge in [-0.2, -0.15) is 0 Å². The van der Waals surface area contributed by atoms with Gasteiger partial charge in [0, 0.05) is 25.7 Å². The van der Waals surface area contributed by atoms with Gasteiger partial charge in [0.05, 0.1) is 26.4 Å². The van der Waals surface area contributed by atoms with Gasteiger partial charge in [0.2, 0.25) is 0 Å². The number of ether oxygens (including phenoxy) is 4. The molecule has 546 valence electrons. The number of esters is 4. The van der Waals surface area contributed by atoms with Crippen molar-refractivity contribution in [3.8, 4) is 0 Å². The predicted molar refractivity (Wildman–Crippen MR) is 372 cm³/mol. The average molecular weight is 1350 g/mol. The van der Waals surface area contributed by atoms with E-state index in [2.05, 4.69) is 34.6 Å². The highest BCUT2D eigenvalue weighted by Crippen LogP contribution is 2.45. The molecule has 2 unspecified atom stereocenters. The van der Waals surface area contributed by atoms with Crippen LogP contribution < -0.4 is 0 Å². The first-order valence-corrected chi connectivity index (χ1v) is 41.1. The summed E-state index contributed by atoms with van der Waals surface area (Å²) in [4.78, 5) is 72.5. The van der Waals surface area contributed by atoms with E-state index >= 15 is 0 Å². The Kier molecular flexibility index (Phi) is 64.9. The minimum atomic E-state index is -4.95. The van der Waals surface area contributed by atoms with Crippen molar-refractivity contribution in [3.05, 3.63) is 0 Å². The lowest BCUT2D eigenvalue weighted by atomic mass is 10.0. The van der Waals surface area contributed by atoms with Gasteiger partial charge in [-0.1, -0.05) is 330 Å². The van der Waals surface area contributed by atoms with E-state index in [1.54, 1.807) is 0 Å². The molecule has 0 spiro atoms. The second kappa shape index (κ2) is 66.3. The molecular formula is C73H142O17P2. The maximum atomic E-state index is 13.1. The lowest BCUT2D eigenvalue weighted by Gasteiger charge is -2.21. The molecule has 0 rings (SSSR count). The number of phosphoric ester groups is 2. The summed E-state index contributed by atoms with van der Waals surface area (Å²) in [6.45, 7) is 7.22. The fourth-order valence-corrected chi connectivity index (χ4v) is 12.8. The van der Waals surface area contributed by atoms with Gasteiger partial charge in [0.15, 0.2) is 12.2 Å². The maximum absolute atomic E-state index is 13.1. The Labute approximate surface area is 562 Å². The van der Waals surface area contributed by atoms with Crippen LogP contribution in [0.15, 0.2) is 0 Å². The topological polar surface area (TPSA) is 237 Å². The Bertz CT molecular complexity index is 1770. The first-order chi connectivity index (χ1) is 44.5. The van der Waals surface area contributed by atoms with Crippen molar-refractivity contribution in [2.45, 2.75) is 400 Å². The van der Waals surface area contributed by atoms with Crippen LogP contribution in [0.4, 0.5) is 0 Å². The smallest absolute Gasteiger partial charge is 0.462 e. The number of aliphatic hydroxyl groups is 1. The van der Waals surface area contributed by atoms with Gasteiger partial charge in [0.25, 0.3) is 0 Å². The number of carbonyl (C=O) groups excluding carboxylic acids is 4. The summed E-state index contributed by atoms with van der Waals surface area (Å²) in [5.74, 6) is -1.36. The summed E-state index contributed by atoms with van der Waals surface area (Å²) < 4.78 is 68.3. The van der Waals surface area contributed by atoms with Crippen LogP contribution in [-0.2, 0) is 65.4 Å². The normalized spacial score (nSPS) is 14.0. The summed E-state index contributed by atoms with van der Waals surface area (Å²) in [6, 6.07) is 0. The Hall–Kier alpha value is -1.94. The van der Waals surface area contributed by atoms with E-state index < -0.39 is 97.5 Å². The lowest BCUT2D eigenvalue weighted by molar-refractivity contribution is -0.161. The van der Waals surface area contributed by atoms with Crippen molar-refractivity contribution < 1.29 is 80.2 Å². The summed E-state index contributed by atoms with van der Waals surface area (Å²) in [5.41, 5.74) is 0. The van der Waals surface area contributed by atoms with E-state index in [9.17, 15) is 43.2 Å². The largest absolute Gasteiger partial charge is 0.472 e.